The van der Waals surface area contributed by atoms with Gasteiger partial charge in [0.1, 0.15) is 30.2 Å². The molecule has 1 saturated heterocycles. The van der Waals surface area contributed by atoms with E-state index in [-0.39, 0.29) is 30.1 Å². The molecule has 0 aromatic heterocycles. The fourth-order valence-electron chi connectivity index (χ4n) is 5.55. The Kier molecular flexibility index (Phi) is 15.0. The zero-order valence-electron chi connectivity index (χ0n) is 29.5. The SMILES string of the molecule is CC(C)CC1NC(=O)C(Cc2ccc(N(C)C)cc2)NC(=O)C(CC(C)C)NC(=O)C(CC(C)C)NC(=O)C(CC(C)C)NC1=O. The highest BCUT2D eigenvalue weighted by molar-refractivity contribution is 5.98. The van der Waals surface area contributed by atoms with Gasteiger partial charge in [-0.3, -0.25) is 24.0 Å². The van der Waals surface area contributed by atoms with Crippen molar-refractivity contribution in [3.8, 4) is 0 Å². The van der Waals surface area contributed by atoms with Crippen LogP contribution in [0.15, 0.2) is 24.3 Å². The predicted molar refractivity (Wildman–Crippen MR) is 182 cm³/mol. The number of amides is 5. The summed E-state index contributed by atoms with van der Waals surface area (Å²) in [5, 5.41) is 14.4. The summed E-state index contributed by atoms with van der Waals surface area (Å²) in [6, 6.07) is 2.96. The number of anilines is 1. The summed E-state index contributed by atoms with van der Waals surface area (Å²) in [6.07, 6.45) is 1.53. The topological polar surface area (TPSA) is 149 Å². The van der Waals surface area contributed by atoms with Crippen molar-refractivity contribution in [2.45, 2.75) is 118 Å². The molecule has 1 fully saturated rings. The van der Waals surface area contributed by atoms with Gasteiger partial charge in [0.2, 0.25) is 29.5 Å². The number of hydrogen-bond acceptors (Lipinski definition) is 6. The average molecular weight is 643 g/mol. The molecular weight excluding hydrogens is 584 g/mol. The molecule has 1 heterocycles. The first-order valence-electron chi connectivity index (χ1n) is 16.7. The first kappa shape index (κ1) is 38.6. The third kappa shape index (κ3) is 12.6. The molecular formula is C35H58N6O5. The number of nitrogens with one attached hydrogen (secondary N) is 5. The first-order chi connectivity index (χ1) is 21.5. The minimum atomic E-state index is -1.02. The molecule has 5 amide bonds. The zero-order chi connectivity index (χ0) is 34.7. The Bertz CT molecular complexity index is 1160. The lowest BCUT2D eigenvalue weighted by atomic mass is 9.98. The van der Waals surface area contributed by atoms with Gasteiger partial charge < -0.3 is 31.5 Å². The van der Waals surface area contributed by atoms with Crippen LogP contribution in [0, 0.1) is 23.7 Å². The van der Waals surface area contributed by atoms with Crippen LogP contribution in [-0.4, -0.2) is 73.8 Å². The lowest BCUT2D eigenvalue weighted by molar-refractivity contribution is -0.134. The number of carbonyl (C=O) groups excluding carboxylic acids is 5. The molecule has 5 unspecified atom stereocenters. The number of rotatable bonds is 11. The largest absolute Gasteiger partial charge is 0.378 e. The second-order valence-electron chi connectivity index (χ2n) is 14.6. The molecule has 1 aromatic carbocycles. The second-order valence-corrected chi connectivity index (χ2v) is 14.6. The molecule has 258 valence electrons. The van der Waals surface area contributed by atoms with Gasteiger partial charge in [0.15, 0.2) is 0 Å². The standard InChI is InChI=1S/C35H58N6O5/c1-20(2)15-26-31(42)36-27(16-21(3)4)32(43)38-29(18-23(7)8)34(45)40-30(19-24-11-13-25(14-12-24)41(9)10)35(46)39-28(17-22(5)6)33(44)37-26/h11-14,20-23,26-30H,15-19H2,1-10H3,(H,36,42)(H,37,44)(H,38,43)(H,39,46)(H,40,45). The monoisotopic (exact) mass is 642 g/mol. The maximum absolute atomic E-state index is 13.9. The summed E-state index contributed by atoms with van der Waals surface area (Å²) in [5.74, 6) is -2.23. The van der Waals surface area contributed by atoms with Gasteiger partial charge in [-0.25, -0.2) is 0 Å². The lowest BCUT2D eigenvalue weighted by Gasteiger charge is -2.27. The minimum absolute atomic E-state index is 0.0507. The zero-order valence-corrected chi connectivity index (χ0v) is 29.5. The molecule has 5 N–H and O–H groups in total. The van der Waals surface area contributed by atoms with E-state index >= 15 is 0 Å². The molecule has 1 aliphatic rings. The van der Waals surface area contributed by atoms with E-state index in [1.807, 2.05) is 98.7 Å². The maximum atomic E-state index is 13.9. The van der Waals surface area contributed by atoms with Crippen molar-refractivity contribution in [1.82, 2.24) is 26.6 Å². The van der Waals surface area contributed by atoms with Crippen LogP contribution in [0.5, 0.6) is 0 Å². The van der Waals surface area contributed by atoms with E-state index in [4.69, 9.17) is 0 Å². The Morgan fingerprint density at radius 1 is 0.478 bits per heavy atom. The van der Waals surface area contributed by atoms with E-state index in [0.717, 1.165) is 11.3 Å². The average Bonchev–Trinajstić information content (AvgIpc) is 2.94. The summed E-state index contributed by atoms with van der Waals surface area (Å²) < 4.78 is 0. The summed E-state index contributed by atoms with van der Waals surface area (Å²) in [7, 11) is 3.87. The van der Waals surface area contributed by atoms with Gasteiger partial charge in [0.05, 0.1) is 0 Å². The van der Waals surface area contributed by atoms with Crippen molar-refractivity contribution in [3.63, 3.8) is 0 Å². The van der Waals surface area contributed by atoms with E-state index in [0.29, 0.717) is 25.7 Å². The smallest absolute Gasteiger partial charge is 0.243 e. The van der Waals surface area contributed by atoms with Gasteiger partial charge in [-0.2, -0.15) is 0 Å². The molecule has 11 nitrogen and oxygen atoms in total. The molecule has 0 aliphatic carbocycles. The van der Waals surface area contributed by atoms with Crippen LogP contribution >= 0.6 is 0 Å². The summed E-state index contributed by atoms with van der Waals surface area (Å²) in [4.78, 5) is 70.8. The van der Waals surface area contributed by atoms with E-state index in [9.17, 15) is 24.0 Å². The van der Waals surface area contributed by atoms with Gasteiger partial charge in [-0.05, 0) is 67.1 Å². The highest BCUT2D eigenvalue weighted by Gasteiger charge is 2.35. The van der Waals surface area contributed by atoms with E-state index in [1.165, 1.54) is 0 Å². The summed E-state index contributed by atoms with van der Waals surface area (Å²) in [6.45, 7) is 15.6. The van der Waals surface area contributed by atoms with Crippen LogP contribution in [0.2, 0.25) is 0 Å². The highest BCUT2D eigenvalue weighted by Crippen LogP contribution is 2.16. The number of nitrogens with zero attached hydrogens (tertiary/aromatic N) is 1. The molecule has 0 bridgehead atoms. The number of carbonyl (C=O) groups is 5. The van der Waals surface area contributed by atoms with Crippen molar-refractivity contribution in [1.29, 1.82) is 0 Å². The van der Waals surface area contributed by atoms with Gasteiger partial charge in [-0.1, -0.05) is 67.5 Å². The molecule has 0 spiro atoms. The van der Waals surface area contributed by atoms with Gasteiger partial charge in [-0.15, -0.1) is 0 Å². The van der Waals surface area contributed by atoms with Crippen molar-refractivity contribution in [3.05, 3.63) is 29.8 Å². The Hall–Kier alpha value is -3.63. The number of hydrogen-bond donors (Lipinski definition) is 5. The van der Waals surface area contributed by atoms with Crippen molar-refractivity contribution < 1.29 is 24.0 Å². The molecule has 2 rings (SSSR count). The van der Waals surface area contributed by atoms with Crippen molar-refractivity contribution in [2.24, 2.45) is 23.7 Å². The van der Waals surface area contributed by atoms with Crippen LogP contribution < -0.4 is 31.5 Å². The molecule has 0 radical (unpaired) electrons. The highest BCUT2D eigenvalue weighted by atomic mass is 16.2. The van der Waals surface area contributed by atoms with Crippen LogP contribution in [0.25, 0.3) is 0 Å². The Balaban J connectivity index is 2.61. The quantitative estimate of drug-likeness (QED) is 0.251. The molecule has 46 heavy (non-hydrogen) atoms. The van der Waals surface area contributed by atoms with Crippen LogP contribution in [-0.2, 0) is 30.4 Å². The molecule has 1 aliphatic heterocycles. The predicted octanol–water partition coefficient (Wildman–Crippen LogP) is 2.92. The summed E-state index contributed by atoms with van der Waals surface area (Å²) >= 11 is 0. The Morgan fingerprint density at radius 2 is 0.739 bits per heavy atom. The molecule has 5 atom stereocenters. The minimum Gasteiger partial charge on any atom is -0.378 e. The fraction of sp³-hybridized carbons (Fsp3) is 0.686. The van der Waals surface area contributed by atoms with E-state index < -0.39 is 59.7 Å². The fourth-order valence-corrected chi connectivity index (χ4v) is 5.55. The molecule has 0 saturated carbocycles. The normalized spacial score (nSPS) is 23.8. The van der Waals surface area contributed by atoms with Gasteiger partial charge in [0, 0.05) is 26.2 Å². The first-order valence-corrected chi connectivity index (χ1v) is 16.7. The summed E-state index contributed by atoms with van der Waals surface area (Å²) in [5.41, 5.74) is 1.81. The molecule has 11 heteroatoms. The maximum Gasteiger partial charge on any atom is 0.243 e. The van der Waals surface area contributed by atoms with E-state index in [1.54, 1.807) is 0 Å². The second kappa shape index (κ2) is 17.9. The molecule has 1 aromatic rings. The van der Waals surface area contributed by atoms with Crippen LogP contribution in [0.1, 0.15) is 86.6 Å². The number of benzene rings is 1. The van der Waals surface area contributed by atoms with Gasteiger partial charge >= 0.3 is 0 Å². The third-order valence-electron chi connectivity index (χ3n) is 7.89. The van der Waals surface area contributed by atoms with Crippen molar-refractivity contribution >= 4 is 35.2 Å². The Morgan fingerprint density at radius 3 is 1.00 bits per heavy atom. The third-order valence-corrected chi connectivity index (χ3v) is 7.89. The van der Waals surface area contributed by atoms with E-state index in [2.05, 4.69) is 26.6 Å². The Labute approximate surface area is 275 Å². The lowest BCUT2D eigenvalue weighted by Crippen LogP contribution is -2.58. The van der Waals surface area contributed by atoms with Gasteiger partial charge in [0.25, 0.3) is 0 Å². The van der Waals surface area contributed by atoms with Crippen LogP contribution in [0.3, 0.4) is 0 Å². The van der Waals surface area contributed by atoms with Crippen molar-refractivity contribution in [2.75, 3.05) is 19.0 Å². The van der Waals surface area contributed by atoms with Crippen LogP contribution in [0.4, 0.5) is 5.69 Å².